The third-order valence-electron chi connectivity index (χ3n) is 1.70. The highest BCUT2D eigenvalue weighted by molar-refractivity contribution is 5.72. The first-order valence-electron chi connectivity index (χ1n) is 4.62. The first-order valence-corrected chi connectivity index (χ1v) is 4.62. The summed E-state index contributed by atoms with van der Waals surface area (Å²) in [5, 5.41) is 0. The highest BCUT2D eigenvalue weighted by atomic mass is 16.5. The number of carbonyl (C=O) groups excluding carboxylic acids is 1. The smallest absolute Gasteiger partial charge is 0.310 e. The number of rotatable bonds is 3. The van der Waals surface area contributed by atoms with Crippen molar-refractivity contribution in [3.8, 4) is 0 Å². The van der Waals surface area contributed by atoms with Crippen molar-refractivity contribution in [1.82, 2.24) is 0 Å². The van der Waals surface area contributed by atoms with E-state index < -0.39 is 0 Å². The number of esters is 1. The fourth-order valence-electron chi connectivity index (χ4n) is 1.11. The van der Waals surface area contributed by atoms with Crippen LogP contribution in [0.4, 0.5) is 5.69 Å². The van der Waals surface area contributed by atoms with Crippen LogP contribution in [0.3, 0.4) is 0 Å². The van der Waals surface area contributed by atoms with Crippen LogP contribution in [0, 0.1) is 0 Å². The molecule has 0 heterocycles. The van der Waals surface area contributed by atoms with Gasteiger partial charge in [-0.15, -0.1) is 0 Å². The SMILES string of the molecule is CC(C)OC(=O)Cc1ccc(N)cc1. The van der Waals surface area contributed by atoms with E-state index in [1.54, 1.807) is 12.1 Å². The lowest BCUT2D eigenvalue weighted by molar-refractivity contribution is -0.146. The minimum Gasteiger partial charge on any atom is -0.463 e. The molecular formula is C11H15NO2. The molecule has 3 heteroatoms. The summed E-state index contributed by atoms with van der Waals surface area (Å²) in [5.41, 5.74) is 7.14. The van der Waals surface area contributed by atoms with Gasteiger partial charge in [-0.05, 0) is 31.5 Å². The molecule has 0 aliphatic rings. The van der Waals surface area contributed by atoms with Gasteiger partial charge in [-0.25, -0.2) is 0 Å². The Morgan fingerprint density at radius 1 is 1.36 bits per heavy atom. The Bertz CT molecular complexity index is 304. The summed E-state index contributed by atoms with van der Waals surface area (Å²) < 4.78 is 5.01. The van der Waals surface area contributed by atoms with Crippen molar-refractivity contribution in [2.45, 2.75) is 26.4 Å². The molecule has 0 unspecified atom stereocenters. The molecule has 0 saturated carbocycles. The number of carbonyl (C=O) groups is 1. The quantitative estimate of drug-likeness (QED) is 0.588. The zero-order chi connectivity index (χ0) is 10.6. The monoisotopic (exact) mass is 193 g/mol. The van der Waals surface area contributed by atoms with Crippen molar-refractivity contribution in [1.29, 1.82) is 0 Å². The average molecular weight is 193 g/mol. The predicted octanol–water partition coefficient (Wildman–Crippen LogP) is 1.76. The first-order chi connectivity index (χ1) is 6.58. The lowest BCUT2D eigenvalue weighted by Gasteiger charge is -2.07. The Balaban J connectivity index is 2.52. The molecule has 76 valence electrons. The second kappa shape index (κ2) is 4.65. The molecule has 1 rings (SSSR count). The minimum absolute atomic E-state index is 0.0590. The Hall–Kier alpha value is -1.51. The van der Waals surface area contributed by atoms with Gasteiger partial charge in [-0.1, -0.05) is 12.1 Å². The third kappa shape index (κ3) is 3.47. The van der Waals surface area contributed by atoms with Gasteiger partial charge in [0, 0.05) is 5.69 Å². The van der Waals surface area contributed by atoms with Gasteiger partial charge in [-0.2, -0.15) is 0 Å². The van der Waals surface area contributed by atoms with Crippen molar-refractivity contribution < 1.29 is 9.53 Å². The summed E-state index contributed by atoms with van der Waals surface area (Å²) in [7, 11) is 0. The van der Waals surface area contributed by atoms with E-state index in [1.165, 1.54) is 0 Å². The van der Waals surface area contributed by atoms with Gasteiger partial charge in [0.25, 0.3) is 0 Å². The maximum atomic E-state index is 11.3. The number of hydrogen-bond donors (Lipinski definition) is 1. The van der Waals surface area contributed by atoms with E-state index in [4.69, 9.17) is 10.5 Å². The van der Waals surface area contributed by atoms with E-state index >= 15 is 0 Å². The Morgan fingerprint density at radius 2 is 1.93 bits per heavy atom. The molecule has 1 aromatic carbocycles. The number of hydrogen-bond acceptors (Lipinski definition) is 3. The molecule has 0 aliphatic carbocycles. The Labute approximate surface area is 83.9 Å². The number of nitrogen functional groups attached to an aromatic ring is 1. The van der Waals surface area contributed by atoms with E-state index in [9.17, 15) is 4.79 Å². The zero-order valence-electron chi connectivity index (χ0n) is 8.49. The highest BCUT2D eigenvalue weighted by Crippen LogP contribution is 2.07. The maximum absolute atomic E-state index is 11.3. The molecule has 0 spiro atoms. The van der Waals surface area contributed by atoms with Crippen molar-refractivity contribution in [3.63, 3.8) is 0 Å². The Morgan fingerprint density at radius 3 is 2.43 bits per heavy atom. The van der Waals surface area contributed by atoms with Crippen LogP contribution in [0.15, 0.2) is 24.3 Å². The normalized spacial score (nSPS) is 10.2. The summed E-state index contributed by atoms with van der Waals surface area (Å²) in [5.74, 6) is -0.204. The number of benzene rings is 1. The lowest BCUT2D eigenvalue weighted by atomic mass is 10.1. The Kier molecular flexibility index (Phi) is 3.51. The fourth-order valence-corrected chi connectivity index (χ4v) is 1.11. The molecule has 14 heavy (non-hydrogen) atoms. The topological polar surface area (TPSA) is 52.3 Å². The second-order valence-corrected chi connectivity index (χ2v) is 3.46. The van der Waals surface area contributed by atoms with Crippen LogP contribution in [0.25, 0.3) is 0 Å². The molecule has 0 aliphatic heterocycles. The van der Waals surface area contributed by atoms with Gasteiger partial charge in [-0.3, -0.25) is 4.79 Å². The lowest BCUT2D eigenvalue weighted by Crippen LogP contribution is -2.13. The maximum Gasteiger partial charge on any atom is 0.310 e. The highest BCUT2D eigenvalue weighted by Gasteiger charge is 2.06. The van der Waals surface area contributed by atoms with Crippen LogP contribution in [0.2, 0.25) is 0 Å². The van der Waals surface area contributed by atoms with E-state index in [0.29, 0.717) is 12.1 Å². The first kappa shape index (κ1) is 10.6. The summed E-state index contributed by atoms with van der Waals surface area (Å²) >= 11 is 0. The summed E-state index contributed by atoms with van der Waals surface area (Å²) in [6.07, 6.45) is 0.245. The molecule has 2 N–H and O–H groups in total. The zero-order valence-corrected chi connectivity index (χ0v) is 8.49. The van der Waals surface area contributed by atoms with Gasteiger partial charge in [0.2, 0.25) is 0 Å². The van der Waals surface area contributed by atoms with Crippen LogP contribution in [0.1, 0.15) is 19.4 Å². The van der Waals surface area contributed by atoms with Crippen LogP contribution >= 0.6 is 0 Å². The molecule has 0 bridgehead atoms. The van der Waals surface area contributed by atoms with Gasteiger partial charge in [0.05, 0.1) is 12.5 Å². The second-order valence-electron chi connectivity index (χ2n) is 3.46. The summed E-state index contributed by atoms with van der Waals surface area (Å²) in [6, 6.07) is 7.21. The van der Waals surface area contributed by atoms with E-state index in [2.05, 4.69) is 0 Å². The summed E-state index contributed by atoms with van der Waals surface area (Å²) in [4.78, 5) is 11.3. The third-order valence-corrected chi connectivity index (χ3v) is 1.70. The van der Waals surface area contributed by atoms with Crippen LogP contribution in [-0.4, -0.2) is 12.1 Å². The molecule has 0 atom stereocenters. The van der Waals surface area contributed by atoms with Gasteiger partial charge in [0.1, 0.15) is 0 Å². The molecule has 1 aromatic rings. The molecule has 0 amide bonds. The number of ether oxygens (including phenoxy) is 1. The van der Waals surface area contributed by atoms with E-state index in [-0.39, 0.29) is 12.1 Å². The van der Waals surface area contributed by atoms with Gasteiger partial charge >= 0.3 is 5.97 Å². The van der Waals surface area contributed by atoms with Crippen molar-refractivity contribution in [2.75, 3.05) is 5.73 Å². The minimum atomic E-state index is -0.204. The average Bonchev–Trinajstić information content (AvgIpc) is 2.07. The fraction of sp³-hybridized carbons (Fsp3) is 0.364. The largest absolute Gasteiger partial charge is 0.463 e. The molecule has 3 nitrogen and oxygen atoms in total. The van der Waals surface area contributed by atoms with Crippen LogP contribution in [0.5, 0.6) is 0 Å². The van der Waals surface area contributed by atoms with Crippen LogP contribution in [-0.2, 0) is 16.0 Å². The molecule has 0 fully saturated rings. The standard InChI is InChI=1S/C11H15NO2/c1-8(2)14-11(13)7-9-3-5-10(12)6-4-9/h3-6,8H,7,12H2,1-2H3. The van der Waals surface area contributed by atoms with Gasteiger partial charge in [0.15, 0.2) is 0 Å². The van der Waals surface area contributed by atoms with Crippen molar-refractivity contribution >= 4 is 11.7 Å². The predicted molar refractivity (Wildman–Crippen MR) is 55.8 cm³/mol. The number of anilines is 1. The molecular weight excluding hydrogens is 178 g/mol. The van der Waals surface area contributed by atoms with Crippen molar-refractivity contribution in [2.24, 2.45) is 0 Å². The molecule has 0 saturated heterocycles. The summed E-state index contributed by atoms with van der Waals surface area (Å²) in [6.45, 7) is 3.67. The molecule has 0 radical (unpaired) electrons. The van der Waals surface area contributed by atoms with Crippen molar-refractivity contribution in [3.05, 3.63) is 29.8 Å². The van der Waals surface area contributed by atoms with Crippen LogP contribution < -0.4 is 5.73 Å². The molecule has 0 aromatic heterocycles. The number of nitrogens with two attached hydrogens (primary N) is 1. The van der Waals surface area contributed by atoms with E-state index in [1.807, 2.05) is 26.0 Å². The van der Waals surface area contributed by atoms with E-state index in [0.717, 1.165) is 5.56 Å². The van der Waals surface area contributed by atoms with Gasteiger partial charge < -0.3 is 10.5 Å².